The molecule has 0 amide bonds. The van der Waals surface area contributed by atoms with Crippen molar-refractivity contribution in [2.24, 2.45) is 0 Å². The van der Waals surface area contributed by atoms with E-state index in [0.717, 1.165) is 0 Å². The quantitative estimate of drug-likeness (QED) is 0.554. The monoisotopic (exact) mass is 392 g/mol. The van der Waals surface area contributed by atoms with Crippen molar-refractivity contribution in [2.75, 3.05) is 0 Å². The molecule has 5 nitrogen and oxygen atoms in total. The van der Waals surface area contributed by atoms with Gasteiger partial charge in [-0.3, -0.25) is 0 Å². The second-order valence-electron chi connectivity index (χ2n) is 5.29. The van der Waals surface area contributed by atoms with E-state index in [1.54, 1.807) is 69.2 Å². The Morgan fingerprint density at radius 1 is 0.455 bits per heavy atom. The van der Waals surface area contributed by atoms with Gasteiger partial charge in [0.15, 0.2) is 0 Å². The van der Waals surface area contributed by atoms with E-state index in [0.29, 0.717) is 0 Å². The largest absolute Gasteiger partial charge is 4.00 e. The minimum absolute atomic E-state index is 0. The van der Waals surface area contributed by atoms with Crippen LogP contribution < -0.4 is 20.4 Å². The van der Waals surface area contributed by atoms with Gasteiger partial charge in [0.2, 0.25) is 0 Å². The van der Waals surface area contributed by atoms with Crippen molar-refractivity contribution in [3.8, 4) is 0 Å². The Labute approximate surface area is 168 Å². The first-order valence-corrected chi connectivity index (χ1v) is 6.97. The fourth-order valence-electron chi connectivity index (χ4n) is 0. The first-order chi connectivity index (χ1) is 8.66. The Balaban J connectivity index is -0.0000000250. The Bertz CT molecular complexity index is 84.5. The van der Waals surface area contributed by atoms with Crippen LogP contribution in [0, 0.1) is 0 Å². The summed E-state index contributed by atoms with van der Waals surface area (Å²) >= 11 is 0. The predicted molar refractivity (Wildman–Crippen MR) is 77.9 cm³/mol. The molecule has 22 heavy (non-hydrogen) atoms. The van der Waals surface area contributed by atoms with Gasteiger partial charge in [-0.05, 0) is 13.8 Å². The van der Waals surface area contributed by atoms with Crippen LogP contribution in [0.3, 0.4) is 0 Å². The van der Waals surface area contributed by atoms with E-state index in [9.17, 15) is 20.4 Å². The Kier molecular flexibility index (Phi) is 75.3. The molecule has 0 aliphatic heterocycles. The molecule has 0 bridgehead atoms. The molecule has 0 rings (SSSR count). The van der Waals surface area contributed by atoms with Crippen molar-refractivity contribution >= 4 is 0 Å². The van der Waals surface area contributed by atoms with Crippen molar-refractivity contribution in [3.63, 3.8) is 0 Å². The van der Waals surface area contributed by atoms with E-state index in [2.05, 4.69) is 0 Å². The van der Waals surface area contributed by atoms with Crippen molar-refractivity contribution in [3.05, 3.63) is 0 Å². The summed E-state index contributed by atoms with van der Waals surface area (Å²) in [6, 6.07) is 0. The van der Waals surface area contributed by atoms with Gasteiger partial charge in [-0.2, -0.15) is 0 Å². The van der Waals surface area contributed by atoms with Crippen LogP contribution in [0.1, 0.15) is 69.2 Å². The minimum Gasteiger partial charge on any atom is -0.852 e. The molecule has 0 aromatic carbocycles. The average Bonchev–Trinajstić information content (AvgIpc) is 1.94. The molecule has 0 aromatic heterocycles. The molecule has 0 unspecified atom stereocenters. The zero-order chi connectivity index (χ0) is 17.9. The maximum Gasteiger partial charge on any atom is 4.00 e. The van der Waals surface area contributed by atoms with Gasteiger partial charge in [0.1, 0.15) is 0 Å². The van der Waals surface area contributed by atoms with E-state index >= 15 is 0 Å². The second-order valence-corrected chi connectivity index (χ2v) is 5.29. The van der Waals surface area contributed by atoms with E-state index in [1.165, 1.54) is 0 Å². The molecule has 0 atom stereocenters. The maximum atomic E-state index is 9.53. The number of rotatable bonds is 0. The van der Waals surface area contributed by atoms with Gasteiger partial charge in [-0.25, -0.2) is 0 Å². The van der Waals surface area contributed by atoms with Crippen LogP contribution >= 0.6 is 0 Å². The van der Waals surface area contributed by atoms with Crippen LogP contribution in [0.25, 0.3) is 0 Å². The first kappa shape index (κ1) is 43.6. The van der Waals surface area contributed by atoms with Gasteiger partial charge in [-0.1, -0.05) is 55.4 Å². The molecule has 0 saturated heterocycles. The fourth-order valence-corrected chi connectivity index (χ4v) is 0. The molecular weight excluding hydrogens is 356 g/mol. The van der Waals surface area contributed by atoms with E-state index in [-0.39, 0.29) is 49.5 Å². The van der Waals surface area contributed by atoms with E-state index < -0.39 is 24.4 Å². The Morgan fingerprint density at radius 3 is 0.455 bits per heavy atom. The zero-order valence-electron chi connectivity index (χ0n) is 16.0. The van der Waals surface area contributed by atoms with E-state index in [4.69, 9.17) is 5.11 Å². The fraction of sp³-hybridized carbons (Fsp3) is 1.00. The van der Waals surface area contributed by atoms with Crippen LogP contribution in [0.15, 0.2) is 0 Å². The molecule has 0 heterocycles. The van der Waals surface area contributed by atoms with Crippen molar-refractivity contribution in [1.29, 1.82) is 0 Å². The van der Waals surface area contributed by atoms with Gasteiger partial charge in [0, 0.05) is 6.10 Å². The van der Waals surface area contributed by atoms with Crippen molar-refractivity contribution in [1.82, 2.24) is 0 Å². The number of hydrogen-bond acceptors (Lipinski definition) is 5. The summed E-state index contributed by atoms with van der Waals surface area (Å²) in [7, 11) is 0. The van der Waals surface area contributed by atoms with Gasteiger partial charge >= 0.3 is 43.4 Å². The Hall–Kier alpha value is 1.23. The Morgan fingerprint density at radius 2 is 0.455 bits per heavy atom. The topological polar surface area (TPSA) is 112 Å². The van der Waals surface area contributed by atoms with E-state index in [1.807, 2.05) is 0 Å². The summed E-state index contributed by atoms with van der Waals surface area (Å²) in [6.45, 7) is 16.3. The molecule has 7 heteroatoms. The molecule has 130 valence electrons. The van der Waals surface area contributed by atoms with Crippen molar-refractivity contribution < 1.29 is 69.0 Å². The third kappa shape index (κ3) is 5760. The molecule has 0 spiro atoms. The maximum absolute atomic E-state index is 9.53. The standard InChI is InChI=1S/C3H8O.4C3H7O.2Ti/c5*1-3(2)4;;/h3-4H,1-2H3;4*3H,1-2H3;;/q;4*-1;2*+4. The molecular formula is C15H36O5Ti2+4. The molecule has 0 radical (unpaired) electrons. The first-order valence-electron chi connectivity index (χ1n) is 6.97. The third-order valence-corrected chi connectivity index (χ3v) is 0. The summed E-state index contributed by atoms with van der Waals surface area (Å²) in [5.74, 6) is 0. The van der Waals surface area contributed by atoms with Gasteiger partial charge < -0.3 is 25.5 Å². The van der Waals surface area contributed by atoms with Gasteiger partial charge in [0.05, 0.1) is 0 Å². The summed E-state index contributed by atoms with van der Waals surface area (Å²) in [5.41, 5.74) is 0. The molecule has 0 saturated carbocycles. The van der Waals surface area contributed by atoms with Crippen LogP contribution in [-0.2, 0) is 43.4 Å². The zero-order valence-corrected chi connectivity index (χ0v) is 19.1. The number of hydrogen-bond donors (Lipinski definition) is 1. The number of aliphatic hydroxyl groups is 1. The number of aliphatic hydroxyl groups excluding tert-OH is 1. The van der Waals surface area contributed by atoms with Crippen molar-refractivity contribution in [2.45, 2.75) is 99.8 Å². The average molecular weight is 392 g/mol. The molecule has 0 fully saturated rings. The molecule has 0 aromatic rings. The minimum atomic E-state index is -0.417. The summed E-state index contributed by atoms with van der Waals surface area (Å²) in [4.78, 5) is 0. The normalized spacial score (nSPS) is 8.18. The van der Waals surface area contributed by atoms with Gasteiger partial charge in [-0.15, -0.1) is 24.4 Å². The third-order valence-electron chi connectivity index (χ3n) is 0. The molecule has 0 aliphatic carbocycles. The summed E-state index contributed by atoms with van der Waals surface area (Å²) in [5, 5.41) is 46.2. The van der Waals surface area contributed by atoms with Crippen LogP contribution in [-0.4, -0.2) is 35.6 Å². The van der Waals surface area contributed by atoms with Crippen LogP contribution in [0.5, 0.6) is 0 Å². The molecule has 0 aliphatic rings. The summed E-state index contributed by atoms with van der Waals surface area (Å²) in [6.07, 6.45) is -1.83. The molecule has 1 N–H and O–H groups in total. The van der Waals surface area contributed by atoms with Gasteiger partial charge in [0.25, 0.3) is 0 Å². The second kappa shape index (κ2) is 38.0. The van der Waals surface area contributed by atoms with Crippen LogP contribution in [0.2, 0.25) is 0 Å². The summed E-state index contributed by atoms with van der Waals surface area (Å²) < 4.78 is 0. The van der Waals surface area contributed by atoms with Crippen LogP contribution in [0.4, 0.5) is 0 Å². The predicted octanol–water partition coefficient (Wildman–Crippen LogP) is -0.597. The smallest absolute Gasteiger partial charge is 0.852 e. The SMILES string of the molecule is CC(C)O.CC(C)[O-].CC(C)[O-].CC(C)[O-].CC(C)[O-].[Ti+4].[Ti+4].